The highest BCUT2D eigenvalue weighted by atomic mass is 16.5. The van der Waals surface area contributed by atoms with Crippen LogP contribution in [0.4, 0.5) is 5.82 Å². The molecule has 40 heavy (non-hydrogen) atoms. The Bertz CT molecular complexity index is 1680. The van der Waals surface area contributed by atoms with Crippen LogP contribution < -0.4 is 9.64 Å². The maximum absolute atomic E-state index is 9.76. The van der Waals surface area contributed by atoms with E-state index < -0.39 is 0 Å². The van der Waals surface area contributed by atoms with Crippen LogP contribution in [0.25, 0.3) is 27.9 Å². The van der Waals surface area contributed by atoms with Crippen LogP contribution in [0.5, 0.6) is 5.88 Å². The van der Waals surface area contributed by atoms with Crippen LogP contribution in [0.1, 0.15) is 23.2 Å². The van der Waals surface area contributed by atoms with Crippen LogP contribution in [0, 0.1) is 11.3 Å². The van der Waals surface area contributed by atoms with Gasteiger partial charge in [-0.25, -0.2) is 14.5 Å². The van der Waals surface area contributed by atoms with Crippen molar-refractivity contribution < 1.29 is 4.74 Å². The largest absolute Gasteiger partial charge is 0.481 e. The Morgan fingerprint density at radius 3 is 2.58 bits per heavy atom. The van der Waals surface area contributed by atoms with Gasteiger partial charge in [-0.1, -0.05) is 6.07 Å². The summed E-state index contributed by atoms with van der Waals surface area (Å²) < 4.78 is 9.05. The van der Waals surface area contributed by atoms with Gasteiger partial charge in [0.2, 0.25) is 5.88 Å². The molecule has 1 fully saturated rings. The minimum Gasteiger partial charge on any atom is -0.481 e. The zero-order valence-electron chi connectivity index (χ0n) is 22.4. The van der Waals surface area contributed by atoms with E-state index in [0.29, 0.717) is 11.4 Å². The molecular formula is C30H29N9O. The number of anilines is 1. The standard InChI is InChI=1S/C30H29N9O/c1-40-29-7-4-21(16-33-29)19-36-9-11-37(12-10-36)28-6-5-22(17-32-28)26-13-23(20-39-30(26)24(15-31)18-34-39)27-14-25-3-2-8-38(25)35-27/h4-7,13-14,16-18,20H,2-3,8-12,19H2,1H3. The second-order valence-electron chi connectivity index (χ2n) is 10.3. The minimum atomic E-state index is 0.543. The molecule has 10 nitrogen and oxygen atoms in total. The molecule has 0 N–H and O–H groups in total. The molecule has 2 aliphatic heterocycles. The van der Waals surface area contributed by atoms with E-state index in [0.717, 1.165) is 85.8 Å². The van der Waals surface area contributed by atoms with Crippen molar-refractivity contribution in [3.63, 3.8) is 0 Å². The minimum absolute atomic E-state index is 0.543. The number of hydrogen-bond donors (Lipinski definition) is 0. The number of fused-ring (bicyclic) bond motifs is 2. The average Bonchev–Trinajstić information content (AvgIpc) is 3.73. The average molecular weight is 532 g/mol. The van der Waals surface area contributed by atoms with E-state index in [1.165, 1.54) is 11.3 Å². The predicted molar refractivity (Wildman–Crippen MR) is 151 cm³/mol. The van der Waals surface area contributed by atoms with Crippen molar-refractivity contribution in [2.24, 2.45) is 0 Å². The zero-order valence-corrected chi connectivity index (χ0v) is 22.4. The lowest BCUT2D eigenvalue weighted by atomic mass is 10.0. The monoisotopic (exact) mass is 531 g/mol. The molecule has 0 aromatic carbocycles. The second kappa shape index (κ2) is 10.1. The van der Waals surface area contributed by atoms with E-state index in [4.69, 9.17) is 14.8 Å². The summed E-state index contributed by atoms with van der Waals surface area (Å²) in [6, 6.07) is 14.7. The molecule has 10 heteroatoms. The molecule has 1 saturated heterocycles. The van der Waals surface area contributed by atoms with Gasteiger partial charge in [0, 0.05) is 86.3 Å². The number of piperazine rings is 1. The van der Waals surface area contributed by atoms with Crippen molar-refractivity contribution >= 4 is 11.3 Å². The van der Waals surface area contributed by atoms with Crippen molar-refractivity contribution in [2.75, 3.05) is 38.2 Å². The summed E-state index contributed by atoms with van der Waals surface area (Å²) in [7, 11) is 1.63. The van der Waals surface area contributed by atoms with Crippen LogP contribution >= 0.6 is 0 Å². The van der Waals surface area contributed by atoms with Crippen molar-refractivity contribution in [1.29, 1.82) is 5.26 Å². The summed E-state index contributed by atoms with van der Waals surface area (Å²) in [6.07, 6.45) is 9.58. The maximum Gasteiger partial charge on any atom is 0.212 e. The van der Waals surface area contributed by atoms with Crippen LogP contribution in [0.2, 0.25) is 0 Å². The molecule has 5 aromatic heterocycles. The molecule has 0 aliphatic carbocycles. The number of aryl methyl sites for hydroxylation is 2. The zero-order chi connectivity index (χ0) is 27.1. The third-order valence-electron chi connectivity index (χ3n) is 7.86. The van der Waals surface area contributed by atoms with Gasteiger partial charge in [-0.3, -0.25) is 9.58 Å². The second-order valence-corrected chi connectivity index (χ2v) is 10.3. The van der Waals surface area contributed by atoms with Gasteiger partial charge in [0.1, 0.15) is 11.9 Å². The Morgan fingerprint density at radius 2 is 1.85 bits per heavy atom. The predicted octanol–water partition coefficient (Wildman–Crippen LogP) is 3.80. The summed E-state index contributed by atoms with van der Waals surface area (Å²) in [6.45, 7) is 5.55. The number of pyridine rings is 3. The highest BCUT2D eigenvalue weighted by Crippen LogP contribution is 2.33. The molecule has 0 radical (unpaired) electrons. The number of methoxy groups -OCH3 is 1. The van der Waals surface area contributed by atoms with Crippen LogP contribution in [-0.4, -0.2) is 67.6 Å². The molecule has 2 aliphatic rings. The van der Waals surface area contributed by atoms with Crippen molar-refractivity contribution in [2.45, 2.75) is 25.9 Å². The first-order valence-electron chi connectivity index (χ1n) is 13.6. The summed E-state index contributed by atoms with van der Waals surface area (Å²) in [5.41, 5.74) is 7.56. The van der Waals surface area contributed by atoms with E-state index in [9.17, 15) is 5.26 Å². The van der Waals surface area contributed by atoms with E-state index in [-0.39, 0.29) is 0 Å². The Labute approximate surface area is 232 Å². The lowest BCUT2D eigenvalue weighted by Crippen LogP contribution is -2.46. The highest BCUT2D eigenvalue weighted by Gasteiger charge is 2.21. The maximum atomic E-state index is 9.76. The van der Waals surface area contributed by atoms with Crippen molar-refractivity contribution in [3.05, 3.63) is 78.0 Å². The van der Waals surface area contributed by atoms with Gasteiger partial charge in [0.25, 0.3) is 0 Å². The Balaban J connectivity index is 1.11. The molecule has 7 rings (SSSR count). The number of ether oxygens (including phenoxy) is 1. The Kier molecular flexibility index (Phi) is 6.13. The summed E-state index contributed by atoms with van der Waals surface area (Å²) in [5, 5.41) is 19.1. The smallest absolute Gasteiger partial charge is 0.212 e. The summed E-state index contributed by atoms with van der Waals surface area (Å²) in [4.78, 5) is 13.9. The Hall–Kier alpha value is -4.75. The molecule has 200 valence electrons. The molecule has 0 spiro atoms. The number of nitrogens with zero attached hydrogens (tertiary/aromatic N) is 9. The third kappa shape index (κ3) is 4.44. The first kappa shape index (κ1) is 24.3. The Morgan fingerprint density at radius 1 is 0.950 bits per heavy atom. The fraction of sp³-hybridized carbons (Fsp3) is 0.300. The normalized spacial score (nSPS) is 15.3. The number of hydrogen-bond acceptors (Lipinski definition) is 8. The molecule has 0 amide bonds. The number of nitriles is 1. The summed E-state index contributed by atoms with van der Waals surface area (Å²) in [5.74, 6) is 1.60. The molecule has 0 bridgehead atoms. The lowest BCUT2D eigenvalue weighted by molar-refractivity contribution is 0.249. The lowest BCUT2D eigenvalue weighted by Gasteiger charge is -2.35. The molecule has 0 atom stereocenters. The molecule has 5 aromatic rings. The molecule has 7 heterocycles. The van der Waals surface area contributed by atoms with Gasteiger partial charge in [0.15, 0.2) is 0 Å². The fourth-order valence-electron chi connectivity index (χ4n) is 5.72. The third-order valence-corrected chi connectivity index (χ3v) is 7.86. The SMILES string of the molecule is COc1ccc(CN2CCN(c3ccc(-c4cc(-c5cc6n(n5)CCC6)cn5ncc(C#N)c45)cn3)CC2)cn1. The molecular weight excluding hydrogens is 502 g/mol. The quantitative estimate of drug-likeness (QED) is 0.326. The van der Waals surface area contributed by atoms with Gasteiger partial charge in [-0.2, -0.15) is 15.5 Å². The van der Waals surface area contributed by atoms with Gasteiger partial charge >= 0.3 is 0 Å². The van der Waals surface area contributed by atoms with Crippen molar-refractivity contribution in [3.8, 4) is 34.3 Å². The van der Waals surface area contributed by atoms with Crippen LogP contribution in [-0.2, 0) is 19.5 Å². The first-order chi connectivity index (χ1) is 19.7. The van der Waals surface area contributed by atoms with Gasteiger partial charge in [-0.05, 0) is 42.7 Å². The van der Waals surface area contributed by atoms with E-state index in [1.807, 2.05) is 24.7 Å². The number of rotatable bonds is 6. The van der Waals surface area contributed by atoms with E-state index in [1.54, 1.807) is 17.8 Å². The van der Waals surface area contributed by atoms with E-state index >= 15 is 0 Å². The van der Waals surface area contributed by atoms with E-state index in [2.05, 4.69) is 61.0 Å². The number of aromatic nitrogens is 6. The fourth-order valence-corrected chi connectivity index (χ4v) is 5.72. The van der Waals surface area contributed by atoms with Crippen LogP contribution in [0.3, 0.4) is 0 Å². The summed E-state index contributed by atoms with van der Waals surface area (Å²) >= 11 is 0. The molecule has 0 unspecified atom stereocenters. The highest BCUT2D eigenvalue weighted by molar-refractivity contribution is 5.87. The van der Waals surface area contributed by atoms with Gasteiger partial charge < -0.3 is 9.64 Å². The van der Waals surface area contributed by atoms with Gasteiger partial charge in [-0.15, -0.1) is 0 Å². The first-order valence-corrected chi connectivity index (χ1v) is 13.6. The topological polar surface area (TPSA) is 100 Å². The van der Waals surface area contributed by atoms with Crippen LogP contribution in [0.15, 0.2) is 61.2 Å². The molecule has 0 saturated carbocycles. The van der Waals surface area contributed by atoms with Gasteiger partial charge in [0.05, 0.1) is 30.1 Å². The van der Waals surface area contributed by atoms with Crippen molar-refractivity contribution in [1.82, 2.24) is 34.3 Å².